The average Bonchev–Trinajstić information content (AvgIpc) is 2.31. The highest BCUT2D eigenvalue weighted by molar-refractivity contribution is 5.55. The molecule has 2 N–H and O–H groups in total. The molecule has 0 unspecified atom stereocenters. The summed E-state index contributed by atoms with van der Waals surface area (Å²) in [6.45, 7) is 1.53. The van der Waals surface area contributed by atoms with Gasteiger partial charge in [0.15, 0.2) is 0 Å². The fourth-order valence-electron chi connectivity index (χ4n) is 1.63. The topological polar surface area (TPSA) is 84.7 Å². The van der Waals surface area contributed by atoms with Crippen molar-refractivity contribution in [3.05, 3.63) is 51.8 Å². The zero-order chi connectivity index (χ0) is 13.3. The molecular formula is C12H9FN4O. The molecule has 90 valence electrons. The predicted octanol–water partition coefficient (Wildman–Crippen LogP) is 1.13. The SMILES string of the molecule is Cc1nc(=O)n(-c2ccc(F)cc2)c(N)c1C#N. The van der Waals surface area contributed by atoms with Gasteiger partial charge in [-0.05, 0) is 31.2 Å². The second-order valence-electron chi connectivity index (χ2n) is 3.66. The number of aryl methyl sites for hydroxylation is 1. The first-order chi connectivity index (χ1) is 8.54. The highest BCUT2D eigenvalue weighted by atomic mass is 19.1. The number of halogens is 1. The van der Waals surface area contributed by atoms with Crippen molar-refractivity contribution < 1.29 is 4.39 Å². The molecule has 5 nitrogen and oxygen atoms in total. The fraction of sp³-hybridized carbons (Fsp3) is 0.0833. The van der Waals surface area contributed by atoms with E-state index in [-0.39, 0.29) is 17.1 Å². The van der Waals surface area contributed by atoms with Crippen LogP contribution in [-0.2, 0) is 0 Å². The van der Waals surface area contributed by atoms with E-state index in [0.29, 0.717) is 5.69 Å². The molecule has 0 fully saturated rings. The molecule has 2 rings (SSSR count). The largest absolute Gasteiger partial charge is 0.384 e. The summed E-state index contributed by atoms with van der Waals surface area (Å²) in [6.07, 6.45) is 0. The standard InChI is InChI=1S/C12H9FN4O/c1-7-10(6-14)11(15)17(12(18)16-7)9-4-2-8(13)3-5-9/h2-5H,15H2,1H3. The van der Waals surface area contributed by atoms with Crippen LogP contribution in [0.25, 0.3) is 5.69 Å². The maximum atomic E-state index is 12.8. The summed E-state index contributed by atoms with van der Waals surface area (Å²) in [5.41, 5.74) is 5.95. The number of anilines is 1. The molecular weight excluding hydrogens is 235 g/mol. The van der Waals surface area contributed by atoms with Gasteiger partial charge in [0, 0.05) is 0 Å². The van der Waals surface area contributed by atoms with Gasteiger partial charge in [0.25, 0.3) is 0 Å². The minimum atomic E-state index is -0.601. The Morgan fingerprint density at radius 2 is 2.00 bits per heavy atom. The van der Waals surface area contributed by atoms with Gasteiger partial charge >= 0.3 is 5.69 Å². The summed E-state index contributed by atoms with van der Waals surface area (Å²) in [5.74, 6) is -0.424. The van der Waals surface area contributed by atoms with Crippen LogP contribution in [0.15, 0.2) is 29.1 Å². The van der Waals surface area contributed by atoms with Crippen molar-refractivity contribution in [3.8, 4) is 11.8 Å². The number of aromatic nitrogens is 2. The van der Waals surface area contributed by atoms with Crippen LogP contribution < -0.4 is 11.4 Å². The van der Waals surface area contributed by atoms with Gasteiger partial charge in [-0.3, -0.25) is 0 Å². The van der Waals surface area contributed by atoms with E-state index >= 15 is 0 Å². The van der Waals surface area contributed by atoms with Crippen molar-refractivity contribution in [2.24, 2.45) is 0 Å². The molecule has 1 aromatic carbocycles. The lowest BCUT2D eigenvalue weighted by atomic mass is 10.2. The van der Waals surface area contributed by atoms with E-state index in [2.05, 4.69) is 4.98 Å². The Morgan fingerprint density at radius 3 is 2.56 bits per heavy atom. The summed E-state index contributed by atoms with van der Waals surface area (Å²) in [5, 5.41) is 8.96. The lowest BCUT2D eigenvalue weighted by molar-refractivity contribution is 0.627. The maximum absolute atomic E-state index is 12.8. The van der Waals surface area contributed by atoms with Gasteiger partial charge in [-0.25, -0.2) is 13.8 Å². The van der Waals surface area contributed by atoms with Crippen molar-refractivity contribution in [3.63, 3.8) is 0 Å². The lowest BCUT2D eigenvalue weighted by Crippen LogP contribution is -2.26. The van der Waals surface area contributed by atoms with E-state index in [1.54, 1.807) is 0 Å². The minimum Gasteiger partial charge on any atom is -0.384 e. The Morgan fingerprint density at radius 1 is 1.39 bits per heavy atom. The molecule has 0 bridgehead atoms. The van der Waals surface area contributed by atoms with Crippen LogP contribution >= 0.6 is 0 Å². The molecule has 0 saturated heterocycles. The number of hydrogen-bond acceptors (Lipinski definition) is 4. The Balaban J connectivity index is 2.76. The van der Waals surface area contributed by atoms with Gasteiger partial charge in [-0.2, -0.15) is 10.2 Å². The number of nitrogens with two attached hydrogens (primary N) is 1. The normalized spacial score (nSPS) is 10.1. The molecule has 0 radical (unpaired) electrons. The number of nitrogens with zero attached hydrogens (tertiary/aromatic N) is 3. The minimum absolute atomic E-state index is 0.00149. The van der Waals surface area contributed by atoms with Gasteiger partial charge in [-0.1, -0.05) is 0 Å². The molecule has 0 amide bonds. The summed E-state index contributed by atoms with van der Waals surface area (Å²) < 4.78 is 13.9. The summed E-state index contributed by atoms with van der Waals surface area (Å²) in [4.78, 5) is 15.5. The van der Waals surface area contributed by atoms with Crippen molar-refractivity contribution in [1.29, 1.82) is 5.26 Å². The monoisotopic (exact) mass is 244 g/mol. The van der Waals surface area contributed by atoms with Crippen LogP contribution in [0, 0.1) is 24.1 Å². The second kappa shape index (κ2) is 4.30. The van der Waals surface area contributed by atoms with E-state index in [1.807, 2.05) is 6.07 Å². The highest BCUT2D eigenvalue weighted by Gasteiger charge is 2.13. The Hall–Kier alpha value is -2.68. The van der Waals surface area contributed by atoms with Gasteiger partial charge in [0.1, 0.15) is 23.3 Å². The zero-order valence-corrected chi connectivity index (χ0v) is 9.51. The first-order valence-electron chi connectivity index (χ1n) is 5.09. The lowest BCUT2D eigenvalue weighted by Gasteiger charge is -2.11. The van der Waals surface area contributed by atoms with Gasteiger partial charge < -0.3 is 5.73 Å². The summed E-state index contributed by atoms with van der Waals surface area (Å²) >= 11 is 0. The smallest absolute Gasteiger partial charge is 0.354 e. The van der Waals surface area contributed by atoms with Crippen LogP contribution in [0.3, 0.4) is 0 Å². The third-order valence-corrected chi connectivity index (χ3v) is 2.51. The molecule has 0 aliphatic carbocycles. The van der Waals surface area contributed by atoms with Crippen LogP contribution in [0.2, 0.25) is 0 Å². The molecule has 1 heterocycles. The van der Waals surface area contributed by atoms with Crippen LogP contribution in [0.4, 0.5) is 10.2 Å². The van der Waals surface area contributed by atoms with Crippen molar-refractivity contribution in [2.45, 2.75) is 6.92 Å². The predicted molar refractivity (Wildman–Crippen MR) is 63.7 cm³/mol. The number of benzene rings is 1. The quantitative estimate of drug-likeness (QED) is 0.815. The molecule has 18 heavy (non-hydrogen) atoms. The second-order valence-corrected chi connectivity index (χ2v) is 3.66. The molecule has 0 atom stereocenters. The number of rotatable bonds is 1. The molecule has 0 spiro atoms. The fourth-order valence-corrected chi connectivity index (χ4v) is 1.63. The van der Waals surface area contributed by atoms with Crippen LogP contribution in [-0.4, -0.2) is 9.55 Å². The van der Waals surface area contributed by atoms with Crippen molar-refractivity contribution >= 4 is 5.82 Å². The van der Waals surface area contributed by atoms with Gasteiger partial charge in [-0.15, -0.1) is 0 Å². The average molecular weight is 244 g/mol. The van der Waals surface area contributed by atoms with Crippen molar-refractivity contribution in [1.82, 2.24) is 9.55 Å². The van der Waals surface area contributed by atoms with Gasteiger partial charge in [0.2, 0.25) is 0 Å². The Kier molecular flexibility index (Phi) is 2.81. The third-order valence-electron chi connectivity index (χ3n) is 2.51. The summed E-state index contributed by atoms with van der Waals surface area (Å²) in [6, 6.07) is 7.08. The van der Waals surface area contributed by atoms with Crippen LogP contribution in [0.5, 0.6) is 0 Å². The van der Waals surface area contributed by atoms with E-state index in [4.69, 9.17) is 11.0 Å². The van der Waals surface area contributed by atoms with E-state index in [9.17, 15) is 9.18 Å². The van der Waals surface area contributed by atoms with E-state index in [1.165, 1.54) is 31.2 Å². The first kappa shape index (κ1) is 11.8. The number of nitrogen functional groups attached to an aromatic ring is 1. The Bertz CT molecular complexity index is 698. The maximum Gasteiger partial charge on any atom is 0.354 e. The molecule has 0 aliphatic rings. The summed E-state index contributed by atoms with van der Waals surface area (Å²) in [7, 11) is 0. The van der Waals surface area contributed by atoms with Gasteiger partial charge in [0.05, 0.1) is 11.4 Å². The number of nitriles is 1. The molecule has 0 saturated carbocycles. The van der Waals surface area contributed by atoms with Crippen molar-refractivity contribution in [2.75, 3.05) is 5.73 Å². The number of hydrogen-bond donors (Lipinski definition) is 1. The third kappa shape index (κ3) is 1.82. The molecule has 1 aromatic heterocycles. The highest BCUT2D eigenvalue weighted by Crippen LogP contribution is 2.16. The first-order valence-corrected chi connectivity index (χ1v) is 5.09. The molecule has 0 aliphatic heterocycles. The zero-order valence-electron chi connectivity index (χ0n) is 9.51. The van der Waals surface area contributed by atoms with E-state index in [0.717, 1.165) is 4.57 Å². The molecule has 6 heteroatoms. The molecule has 2 aromatic rings. The van der Waals surface area contributed by atoms with Crippen LogP contribution in [0.1, 0.15) is 11.3 Å². The Labute approximate surface area is 102 Å². The van der Waals surface area contributed by atoms with E-state index < -0.39 is 11.5 Å².